The number of hydrogen-bond acceptors (Lipinski definition) is 2. The van der Waals surface area contributed by atoms with Crippen LogP contribution < -0.4 is 0 Å². The van der Waals surface area contributed by atoms with Gasteiger partial charge in [-0.15, -0.1) is 0 Å². The van der Waals surface area contributed by atoms with E-state index in [9.17, 15) is 0 Å². The van der Waals surface area contributed by atoms with Crippen LogP contribution in [0.15, 0.2) is 30.9 Å². The van der Waals surface area contributed by atoms with Crippen LogP contribution in [0, 0.1) is 0 Å². The second kappa shape index (κ2) is 4.49. The number of imidazole rings is 1. The van der Waals surface area contributed by atoms with Gasteiger partial charge in [-0.2, -0.15) is 0 Å². The average molecular weight is 163 g/mol. The topological polar surface area (TPSA) is 30.2 Å². The smallest absolute Gasteiger partial charge is 0.233 e. The normalized spacial score (nSPS) is 9.17. The predicted molar refractivity (Wildman–Crippen MR) is 49.0 cm³/mol. The molecule has 0 aliphatic heterocycles. The summed E-state index contributed by atoms with van der Waals surface area (Å²) >= 11 is 0. The molecule has 2 aromatic heterocycles. The van der Waals surface area contributed by atoms with Gasteiger partial charge in [-0.1, -0.05) is 20.3 Å². The van der Waals surface area contributed by atoms with Crippen molar-refractivity contribution in [2.75, 3.05) is 0 Å². The van der Waals surface area contributed by atoms with Gasteiger partial charge in [0.1, 0.15) is 0 Å². The number of fused-ring (bicyclic) bond motifs is 1. The quantitative estimate of drug-likeness (QED) is 0.595. The molecule has 0 aromatic carbocycles. The van der Waals surface area contributed by atoms with E-state index >= 15 is 0 Å². The first-order chi connectivity index (χ1) is 5.88. The Bertz CT molecular complexity index is 297. The summed E-state index contributed by atoms with van der Waals surface area (Å²) in [5.74, 6) is 0.748. The highest BCUT2D eigenvalue weighted by Gasteiger charge is 1.87. The largest absolute Gasteiger partial charge is 0.291 e. The Hall–Kier alpha value is -1.38. The van der Waals surface area contributed by atoms with Gasteiger partial charge >= 0.3 is 0 Å². The third-order valence-electron chi connectivity index (χ3n) is 1.17. The number of nitrogens with zero attached hydrogens (tertiary/aromatic N) is 3. The van der Waals surface area contributed by atoms with Crippen molar-refractivity contribution >= 4 is 5.78 Å². The molecule has 2 aromatic rings. The van der Waals surface area contributed by atoms with Gasteiger partial charge < -0.3 is 0 Å². The molecule has 12 heavy (non-hydrogen) atoms. The first kappa shape index (κ1) is 8.71. The molecule has 2 rings (SSSR count). The highest BCUT2D eigenvalue weighted by atomic mass is 15.1. The Balaban J connectivity index is 0.000000213. The fourth-order valence-electron chi connectivity index (χ4n) is 0.762. The van der Waals surface area contributed by atoms with Crippen molar-refractivity contribution < 1.29 is 0 Å². The monoisotopic (exact) mass is 163 g/mol. The molecule has 0 saturated carbocycles. The van der Waals surface area contributed by atoms with Crippen LogP contribution in [0.5, 0.6) is 0 Å². The molecule has 0 atom stereocenters. The lowest BCUT2D eigenvalue weighted by Crippen LogP contribution is -1.82. The average Bonchev–Trinajstić information content (AvgIpc) is 2.52. The third-order valence-corrected chi connectivity index (χ3v) is 1.17. The van der Waals surface area contributed by atoms with Gasteiger partial charge in [-0.05, 0) is 6.07 Å². The van der Waals surface area contributed by atoms with Crippen LogP contribution in [-0.2, 0) is 0 Å². The van der Waals surface area contributed by atoms with Crippen molar-refractivity contribution in [2.24, 2.45) is 0 Å². The maximum absolute atomic E-state index is 3.99. The second-order valence-corrected chi connectivity index (χ2v) is 2.46. The summed E-state index contributed by atoms with van der Waals surface area (Å²) < 4.78 is 1.86. The zero-order chi connectivity index (χ0) is 8.81. The van der Waals surface area contributed by atoms with Gasteiger partial charge in [0.25, 0.3) is 0 Å². The van der Waals surface area contributed by atoms with E-state index in [1.807, 2.05) is 22.9 Å². The molecule has 3 nitrogen and oxygen atoms in total. The Kier molecular flexibility index (Phi) is 3.26. The standard InChI is InChI=1S/C6H5N3.C3H8/c1-2-7-6-8-3-5-9(6)4-1;1-3-2/h1-5H;3H2,1-2H3. The van der Waals surface area contributed by atoms with E-state index in [-0.39, 0.29) is 0 Å². The molecule has 0 fully saturated rings. The van der Waals surface area contributed by atoms with E-state index in [4.69, 9.17) is 0 Å². The summed E-state index contributed by atoms with van der Waals surface area (Å²) in [5.41, 5.74) is 0. The van der Waals surface area contributed by atoms with Crippen LogP contribution in [0.1, 0.15) is 20.3 Å². The van der Waals surface area contributed by atoms with Crippen LogP contribution in [0.4, 0.5) is 0 Å². The molecule has 0 amide bonds. The fraction of sp³-hybridized carbons (Fsp3) is 0.333. The van der Waals surface area contributed by atoms with Crippen molar-refractivity contribution in [1.82, 2.24) is 14.4 Å². The van der Waals surface area contributed by atoms with Gasteiger partial charge in [-0.3, -0.25) is 4.40 Å². The van der Waals surface area contributed by atoms with Gasteiger partial charge in [0.05, 0.1) is 0 Å². The maximum Gasteiger partial charge on any atom is 0.233 e. The lowest BCUT2D eigenvalue weighted by atomic mass is 10.6. The van der Waals surface area contributed by atoms with Crippen LogP contribution in [0.25, 0.3) is 5.78 Å². The van der Waals surface area contributed by atoms with Crippen LogP contribution in [0.2, 0.25) is 0 Å². The fourth-order valence-corrected chi connectivity index (χ4v) is 0.762. The van der Waals surface area contributed by atoms with Crippen LogP contribution >= 0.6 is 0 Å². The van der Waals surface area contributed by atoms with E-state index in [2.05, 4.69) is 23.8 Å². The molecule has 64 valence electrons. The molecule has 0 aliphatic carbocycles. The molecule has 2 heterocycles. The summed E-state index contributed by atoms with van der Waals surface area (Å²) in [6.07, 6.45) is 8.47. The van der Waals surface area contributed by atoms with Gasteiger partial charge in [0.15, 0.2) is 0 Å². The van der Waals surface area contributed by atoms with Crippen molar-refractivity contribution in [2.45, 2.75) is 20.3 Å². The van der Waals surface area contributed by atoms with Crippen LogP contribution in [-0.4, -0.2) is 14.4 Å². The van der Waals surface area contributed by atoms with Crippen LogP contribution in [0.3, 0.4) is 0 Å². The Morgan fingerprint density at radius 1 is 1.17 bits per heavy atom. The first-order valence-corrected chi connectivity index (χ1v) is 4.12. The Labute approximate surface area is 72.1 Å². The molecule has 0 unspecified atom stereocenters. The van der Waals surface area contributed by atoms with Crippen molar-refractivity contribution in [3.8, 4) is 0 Å². The number of hydrogen-bond donors (Lipinski definition) is 0. The molecule has 0 saturated heterocycles. The third kappa shape index (κ3) is 2.05. The van der Waals surface area contributed by atoms with E-state index in [0.717, 1.165) is 5.78 Å². The SMILES string of the molecule is CCC.c1cnc2nccn2c1. The zero-order valence-electron chi connectivity index (χ0n) is 7.44. The van der Waals surface area contributed by atoms with E-state index in [1.54, 1.807) is 12.4 Å². The number of rotatable bonds is 0. The van der Waals surface area contributed by atoms with E-state index in [0.29, 0.717) is 0 Å². The Morgan fingerprint density at radius 2 is 1.83 bits per heavy atom. The summed E-state index contributed by atoms with van der Waals surface area (Å²) in [6.45, 7) is 4.25. The van der Waals surface area contributed by atoms with E-state index in [1.165, 1.54) is 6.42 Å². The predicted octanol–water partition coefficient (Wildman–Crippen LogP) is 2.15. The highest BCUT2D eigenvalue weighted by Crippen LogP contribution is 1.91. The second-order valence-electron chi connectivity index (χ2n) is 2.46. The zero-order valence-corrected chi connectivity index (χ0v) is 7.44. The van der Waals surface area contributed by atoms with Crippen molar-refractivity contribution in [3.05, 3.63) is 30.9 Å². The minimum Gasteiger partial charge on any atom is -0.291 e. The van der Waals surface area contributed by atoms with Gasteiger partial charge in [0.2, 0.25) is 5.78 Å². The minimum absolute atomic E-state index is 0.748. The maximum atomic E-state index is 3.99. The highest BCUT2D eigenvalue weighted by molar-refractivity contribution is 5.25. The van der Waals surface area contributed by atoms with Crippen molar-refractivity contribution in [3.63, 3.8) is 0 Å². The Morgan fingerprint density at radius 3 is 2.50 bits per heavy atom. The summed E-state index contributed by atoms with van der Waals surface area (Å²) in [7, 11) is 0. The summed E-state index contributed by atoms with van der Waals surface area (Å²) in [4.78, 5) is 7.96. The lowest BCUT2D eigenvalue weighted by Gasteiger charge is -1.85. The summed E-state index contributed by atoms with van der Waals surface area (Å²) in [6, 6.07) is 1.87. The van der Waals surface area contributed by atoms with Crippen molar-refractivity contribution in [1.29, 1.82) is 0 Å². The molecule has 0 radical (unpaired) electrons. The molecule has 0 N–H and O–H groups in total. The van der Waals surface area contributed by atoms with Gasteiger partial charge in [0, 0.05) is 24.8 Å². The van der Waals surface area contributed by atoms with E-state index < -0.39 is 0 Å². The molecule has 0 bridgehead atoms. The molecular formula is C9H13N3. The lowest BCUT2D eigenvalue weighted by molar-refractivity contribution is 1.09. The van der Waals surface area contributed by atoms with Gasteiger partial charge in [-0.25, -0.2) is 9.97 Å². The molecule has 0 aliphatic rings. The molecular weight excluding hydrogens is 150 g/mol. The number of aromatic nitrogens is 3. The summed E-state index contributed by atoms with van der Waals surface area (Å²) in [5, 5.41) is 0. The first-order valence-electron chi connectivity index (χ1n) is 4.12. The molecule has 3 heteroatoms. The minimum atomic E-state index is 0.748. The molecule has 0 spiro atoms.